The zero-order chi connectivity index (χ0) is 13.5. The molecule has 0 radical (unpaired) electrons. The van der Waals surface area contributed by atoms with E-state index in [1.807, 2.05) is 13.8 Å². The number of hydrogen-bond donors (Lipinski definition) is 2. The van der Waals surface area contributed by atoms with Gasteiger partial charge in [0.05, 0.1) is 17.1 Å². The molecule has 0 aliphatic heterocycles. The third kappa shape index (κ3) is 5.31. The van der Waals surface area contributed by atoms with Gasteiger partial charge in [-0.05, 0) is 32.6 Å². The number of rotatable bonds is 6. The molecule has 1 aliphatic carbocycles. The van der Waals surface area contributed by atoms with Crippen LogP contribution in [0, 0.1) is 5.92 Å². The second kappa shape index (κ2) is 7.69. The highest BCUT2D eigenvalue weighted by molar-refractivity contribution is 7.80. The summed E-state index contributed by atoms with van der Waals surface area (Å²) in [6, 6.07) is -0.177. The molecule has 1 fully saturated rings. The van der Waals surface area contributed by atoms with E-state index >= 15 is 0 Å². The normalized spacial score (nSPS) is 18.6. The second-order valence-corrected chi connectivity index (χ2v) is 5.68. The fourth-order valence-corrected chi connectivity index (χ4v) is 2.60. The van der Waals surface area contributed by atoms with Gasteiger partial charge in [-0.15, -0.1) is 0 Å². The van der Waals surface area contributed by atoms with E-state index in [2.05, 4.69) is 5.32 Å². The molecule has 4 nitrogen and oxygen atoms in total. The molecular formula is C13H24N2O2S. The maximum atomic E-state index is 11.8. The van der Waals surface area contributed by atoms with Crippen molar-refractivity contribution in [3.05, 3.63) is 0 Å². The highest BCUT2D eigenvalue weighted by Crippen LogP contribution is 2.26. The maximum Gasteiger partial charge on any atom is 0.246 e. The van der Waals surface area contributed by atoms with Crippen molar-refractivity contribution >= 4 is 23.1 Å². The van der Waals surface area contributed by atoms with Crippen LogP contribution < -0.4 is 11.1 Å². The summed E-state index contributed by atoms with van der Waals surface area (Å²) in [7, 11) is 0. The number of nitrogens with two attached hydrogens (primary N) is 1. The van der Waals surface area contributed by atoms with E-state index < -0.39 is 0 Å². The molecule has 1 amide bonds. The molecule has 0 aromatic carbocycles. The molecule has 0 saturated heterocycles. The van der Waals surface area contributed by atoms with Gasteiger partial charge < -0.3 is 15.8 Å². The summed E-state index contributed by atoms with van der Waals surface area (Å²) < 4.78 is 5.28. The third-order valence-corrected chi connectivity index (χ3v) is 3.55. The SMILES string of the molecule is CC(C)OCC(=O)NC(C(N)=S)C1CCCCC1. The van der Waals surface area contributed by atoms with E-state index in [0.717, 1.165) is 12.8 Å². The summed E-state index contributed by atoms with van der Waals surface area (Å²) in [6.07, 6.45) is 5.89. The van der Waals surface area contributed by atoms with Crippen LogP contribution in [0.15, 0.2) is 0 Å². The molecule has 0 spiro atoms. The topological polar surface area (TPSA) is 64.3 Å². The van der Waals surface area contributed by atoms with Crippen LogP contribution in [0.5, 0.6) is 0 Å². The number of ether oxygens (including phenoxy) is 1. The predicted octanol–water partition coefficient (Wildman–Crippen LogP) is 1.76. The van der Waals surface area contributed by atoms with Gasteiger partial charge in [0.25, 0.3) is 0 Å². The van der Waals surface area contributed by atoms with Crippen molar-refractivity contribution in [3.8, 4) is 0 Å². The zero-order valence-corrected chi connectivity index (χ0v) is 12.1. The van der Waals surface area contributed by atoms with E-state index in [1.165, 1.54) is 19.3 Å². The summed E-state index contributed by atoms with van der Waals surface area (Å²) >= 11 is 5.07. The fourth-order valence-electron chi connectivity index (χ4n) is 2.35. The predicted molar refractivity (Wildman–Crippen MR) is 76.4 cm³/mol. The van der Waals surface area contributed by atoms with Crippen molar-refractivity contribution in [1.29, 1.82) is 0 Å². The minimum Gasteiger partial charge on any atom is -0.392 e. The highest BCUT2D eigenvalue weighted by Gasteiger charge is 2.27. The first-order valence-corrected chi connectivity index (χ1v) is 7.11. The lowest BCUT2D eigenvalue weighted by Gasteiger charge is -2.30. The number of thiocarbonyl (C=S) groups is 1. The molecule has 104 valence electrons. The van der Waals surface area contributed by atoms with E-state index in [0.29, 0.717) is 10.9 Å². The van der Waals surface area contributed by atoms with Gasteiger partial charge >= 0.3 is 0 Å². The molecule has 5 heteroatoms. The van der Waals surface area contributed by atoms with E-state index in [1.54, 1.807) is 0 Å². The van der Waals surface area contributed by atoms with Gasteiger partial charge in [0.2, 0.25) is 5.91 Å². The Balaban J connectivity index is 2.46. The number of carbonyl (C=O) groups excluding carboxylic acids is 1. The molecule has 18 heavy (non-hydrogen) atoms. The summed E-state index contributed by atoms with van der Waals surface area (Å²) in [6.45, 7) is 3.88. The smallest absolute Gasteiger partial charge is 0.246 e. The Morgan fingerprint density at radius 2 is 2.00 bits per heavy atom. The second-order valence-electron chi connectivity index (χ2n) is 5.21. The van der Waals surface area contributed by atoms with Crippen LogP contribution in [0.25, 0.3) is 0 Å². The van der Waals surface area contributed by atoms with Gasteiger partial charge in [0.15, 0.2) is 0 Å². The molecule has 1 atom stereocenters. The molecule has 1 saturated carbocycles. The van der Waals surface area contributed by atoms with E-state index in [4.69, 9.17) is 22.7 Å². The van der Waals surface area contributed by atoms with Gasteiger partial charge in [0, 0.05) is 0 Å². The van der Waals surface area contributed by atoms with Gasteiger partial charge in [-0.25, -0.2) is 0 Å². The first kappa shape index (κ1) is 15.4. The lowest BCUT2D eigenvalue weighted by Crippen LogP contribution is -2.49. The average Bonchev–Trinajstić information content (AvgIpc) is 2.34. The molecule has 0 bridgehead atoms. The van der Waals surface area contributed by atoms with E-state index in [9.17, 15) is 4.79 Å². The maximum absolute atomic E-state index is 11.8. The monoisotopic (exact) mass is 272 g/mol. The van der Waals surface area contributed by atoms with Gasteiger partial charge in [-0.1, -0.05) is 31.5 Å². The van der Waals surface area contributed by atoms with Crippen LogP contribution >= 0.6 is 12.2 Å². The Bertz CT molecular complexity index is 289. The lowest BCUT2D eigenvalue weighted by atomic mass is 9.84. The van der Waals surface area contributed by atoms with Gasteiger partial charge in [-0.2, -0.15) is 0 Å². The zero-order valence-electron chi connectivity index (χ0n) is 11.3. The number of amides is 1. The van der Waals surface area contributed by atoms with Crippen molar-refractivity contribution < 1.29 is 9.53 Å². The first-order valence-electron chi connectivity index (χ1n) is 6.71. The summed E-state index contributed by atoms with van der Waals surface area (Å²) in [5.41, 5.74) is 5.75. The standard InChI is InChI=1S/C13H24N2O2S/c1-9(2)17-8-11(16)15-12(13(14)18)10-6-4-3-5-7-10/h9-10,12H,3-8H2,1-2H3,(H2,14,18)(H,15,16). The summed E-state index contributed by atoms with van der Waals surface area (Å²) in [4.78, 5) is 12.1. The molecule has 0 aromatic heterocycles. The minimum absolute atomic E-state index is 0.0497. The van der Waals surface area contributed by atoms with Crippen LogP contribution in [-0.2, 0) is 9.53 Å². The Labute approximate surface area is 115 Å². The number of nitrogens with one attached hydrogen (secondary N) is 1. The van der Waals surface area contributed by atoms with Crippen molar-refractivity contribution in [2.24, 2.45) is 11.7 Å². The fraction of sp³-hybridized carbons (Fsp3) is 0.846. The Morgan fingerprint density at radius 3 is 2.50 bits per heavy atom. The average molecular weight is 272 g/mol. The number of carbonyl (C=O) groups is 1. The first-order chi connectivity index (χ1) is 8.50. The van der Waals surface area contributed by atoms with Crippen molar-refractivity contribution in [2.75, 3.05) is 6.61 Å². The van der Waals surface area contributed by atoms with Crippen molar-refractivity contribution in [2.45, 2.75) is 58.1 Å². The molecular weight excluding hydrogens is 248 g/mol. The molecule has 1 aliphatic rings. The quantitative estimate of drug-likeness (QED) is 0.723. The van der Waals surface area contributed by atoms with Crippen LogP contribution in [0.3, 0.4) is 0 Å². The summed E-state index contributed by atoms with van der Waals surface area (Å²) in [5.74, 6) is 0.256. The molecule has 1 unspecified atom stereocenters. The minimum atomic E-state index is -0.177. The Morgan fingerprint density at radius 1 is 1.39 bits per heavy atom. The third-order valence-electron chi connectivity index (χ3n) is 3.29. The van der Waals surface area contributed by atoms with Crippen molar-refractivity contribution in [3.63, 3.8) is 0 Å². The Kier molecular flexibility index (Phi) is 6.57. The lowest BCUT2D eigenvalue weighted by molar-refractivity contribution is -0.127. The van der Waals surface area contributed by atoms with Crippen LogP contribution in [0.1, 0.15) is 46.0 Å². The van der Waals surface area contributed by atoms with Crippen LogP contribution in [0.4, 0.5) is 0 Å². The molecule has 0 heterocycles. The molecule has 1 rings (SSSR count). The van der Waals surface area contributed by atoms with E-state index in [-0.39, 0.29) is 24.7 Å². The van der Waals surface area contributed by atoms with Crippen molar-refractivity contribution in [1.82, 2.24) is 5.32 Å². The molecule has 3 N–H and O–H groups in total. The summed E-state index contributed by atoms with van der Waals surface area (Å²) in [5, 5.41) is 2.91. The largest absolute Gasteiger partial charge is 0.392 e. The molecule has 0 aromatic rings. The van der Waals surface area contributed by atoms with Gasteiger partial charge in [-0.3, -0.25) is 4.79 Å². The van der Waals surface area contributed by atoms with Crippen LogP contribution in [0.2, 0.25) is 0 Å². The Hall–Kier alpha value is -0.680. The number of hydrogen-bond acceptors (Lipinski definition) is 3. The van der Waals surface area contributed by atoms with Crippen LogP contribution in [-0.4, -0.2) is 29.6 Å². The van der Waals surface area contributed by atoms with Gasteiger partial charge in [0.1, 0.15) is 6.61 Å². The highest BCUT2D eigenvalue weighted by atomic mass is 32.1.